The first-order valence-electron chi connectivity index (χ1n) is 10.4. The molecule has 8 nitrogen and oxygen atoms in total. The first kappa shape index (κ1) is 22.4. The fourth-order valence-corrected chi connectivity index (χ4v) is 5.82. The molecule has 0 radical (unpaired) electrons. The van der Waals surface area contributed by atoms with Gasteiger partial charge in [-0.2, -0.15) is 8.68 Å². The Balaban J connectivity index is 1.41. The topological polar surface area (TPSA) is 95.5 Å². The molecule has 0 atom stereocenters. The number of carbonyl (C=O) groups is 1. The number of hydrogen-bond acceptors (Lipinski definition) is 7. The molecule has 0 spiro atoms. The van der Waals surface area contributed by atoms with Gasteiger partial charge in [-0.25, -0.2) is 13.4 Å². The molecule has 0 unspecified atom stereocenters. The summed E-state index contributed by atoms with van der Waals surface area (Å²) in [5.74, 6) is 0.584. The molecule has 1 N–H and O–H groups in total. The van der Waals surface area contributed by atoms with Crippen LogP contribution in [-0.4, -0.2) is 54.2 Å². The predicted molar refractivity (Wildman–Crippen MR) is 125 cm³/mol. The van der Waals surface area contributed by atoms with Gasteiger partial charge < -0.3 is 10.2 Å². The van der Waals surface area contributed by atoms with Gasteiger partial charge in [0.1, 0.15) is 5.82 Å². The Bertz CT molecular complexity index is 1160. The highest BCUT2D eigenvalue weighted by atomic mass is 32.2. The average molecular weight is 472 g/mol. The molecular formula is C22H25N5O3S2. The number of benzene rings is 2. The van der Waals surface area contributed by atoms with E-state index in [0.717, 1.165) is 23.1 Å². The Morgan fingerprint density at radius 1 is 1.03 bits per heavy atom. The van der Waals surface area contributed by atoms with Crippen LogP contribution in [0.25, 0.3) is 0 Å². The number of anilines is 2. The minimum atomic E-state index is -3.61. The molecule has 168 valence electrons. The zero-order valence-electron chi connectivity index (χ0n) is 17.8. The highest BCUT2D eigenvalue weighted by Crippen LogP contribution is 2.24. The fraction of sp³-hybridized carbons (Fsp3) is 0.318. The van der Waals surface area contributed by atoms with E-state index in [1.807, 2.05) is 18.2 Å². The second-order valence-corrected chi connectivity index (χ2v) is 10.3. The standard InChI is InChI=1S/C22H25N5O3S2/c1-17(28)23-19-8-10-20(11-9-19)32(29,30)27-13-5-12-26(14-15-27)22-24-21(25-31-22)16-18-6-3-2-4-7-18/h2-4,6-11H,5,12-16H2,1H3,(H,23,28). The quantitative estimate of drug-likeness (QED) is 0.594. The molecule has 10 heteroatoms. The second-order valence-electron chi connectivity index (χ2n) is 7.61. The van der Waals surface area contributed by atoms with Gasteiger partial charge in [0, 0.05) is 56.7 Å². The SMILES string of the molecule is CC(=O)Nc1ccc(S(=O)(=O)N2CCCN(c3nc(Cc4ccccc4)ns3)CC2)cc1. The van der Waals surface area contributed by atoms with Gasteiger partial charge in [-0.15, -0.1) is 0 Å². The highest BCUT2D eigenvalue weighted by molar-refractivity contribution is 7.89. The summed E-state index contributed by atoms with van der Waals surface area (Å²) in [6.07, 6.45) is 1.39. The summed E-state index contributed by atoms with van der Waals surface area (Å²) in [6.45, 7) is 3.53. The first-order chi connectivity index (χ1) is 15.4. The predicted octanol–water partition coefficient (Wildman–Crippen LogP) is 2.99. The molecule has 1 amide bonds. The molecule has 2 aromatic carbocycles. The number of hydrogen-bond donors (Lipinski definition) is 1. The third kappa shape index (κ3) is 5.32. The molecule has 1 saturated heterocycles. The number of rotatable bonds is 6. The van der Waals surface area contributed by atoms with E-state index in [2.05, 4.69) is 31.7 Å². The summed E-state index contributed by atoms with van der Waals surface area (Å²) >= 11 is 1.36. The van der Waals surface area contributed by atoms with Crippen molar-refractivity contribution in [2.45, 2.75) is 24.7 Å². The number of nitrogens with zero attached hydrogens (tertiary/aromatic N) is 4. The number of sulfonamides is 1. The smallest absolute Gasteiger partial charge is 0.243 e. The highest BCUT2D eigenvalue weighted by Gasteiger charge is 2.28. The van der Waals surface area contributed by atoms with E-state index >= 15 is 0 Å². The van der Waals surface area contributed by atoms with Crippen molar-refractivity contribution in [3.8, 4) is 0 Å². The van der Waals surface area contributed by atoms with Gasteiger partial charge in [0.15, 0.2) is 0 Å². The van der Waals surface area contributed by atoms with Crippen LogP contribution >= 0.6 is 11.5 Å². The van der Waals surface area contributed by atoms with E-state index in [9.17, 15) is 13.2 Å². The maximum Gasteiger partial charge on any atom is 0.243 e. The normalized spacial score (nSPS) is 15.3. The maximum absolute atomic E-state index is 13.1. The second kappa shape index (κ2) is 9.76. The Labute approximate surface area is 192 Å². The summed E-state index contributed by atoms with van der Waals surface area (Å²) in [6, 6.07) is 16.4. The zero-order chi connectivity index (χ0) is 22.6. The molecule has 1 fully saturated rings. The Morgan fingerprint density at radius 2 is 1.78 bits per heavy atom. The third-order valence-corrected chi connectivity index (χ3v) is 7.93. The molecule has 1 aromatic heterocycles. The van der Waals surface area contributed by atoms with Crippen LogP contribution in [0.2, 0.25) is 0 Å². The van der Waals surface area contributed by atoms with E-state index in [1.54, 1.807) is 12.1 Å². The van der Waals surface area contributed by atoms with Gasteiger partial charge in [-0.05, 0) is 36.2 Å². The molecule has 4 rings (SSSR count). The first-order valence-corrected chi connectivity index (χ1v) is 12.6. The summed E-state index contributed by atoms with van der Waals surface area (Å²) in [4.78, 5) is 18.2. The zero-order valence-corrected chi connectivity index (χ0v) is 19.4. The average Bonchev–Trinajstić information content (AvgIpc) is 3.08. The van der Waals surface area contributed by atoms with Crippen molar-refractivity contribution in [2.75, 3.05) is 36.4 Å². The van der Waals surface area contributed by atoms with Crippen molar-refractivity contribution in [1.29, 1.82) is 0 Å². The number of nitrogens with one attached hydrogen (secondary N) is 1. The lowest BCUT2D eigenvalue weighted by Gasteiger charge is -2.21. The van der Waals surface area contributed by atoms with Crippen molar-refractivity contribution >= 4 is 38.3 Å². The van der Waals surface area contributed by atoms with Crippen molar-refractivity contribution in [3.05, 3.63) is 66.0 Å². The van der Waals surface area contributed by atoms with Crippen LogP contribution in [0.15, 0.2) is 59.5 Å². The van der Waals surface area contributed by atoms with Crippen molar-refractivity contribution in [3.63, 3.8) is 0 Å². The maximum atomic E-state index is 13.1. The van der Waals surface area contributed by atoms with E-state index in [1.165, 1.54) is 34.9 Å². The number of carbonyl (C=O) groups excluding carboxylic acids is 1. The van der Waals surface area contributed by atoms with Crippen LogP contribution in [0, 0.1) is 0 Å². The number of amides is 1. The Hall–Kier alpha value is -2.82. The van der Waals surface area contributed by atoms with E-state index in [4.69, 9.17) is 0 Å². The summed E-state index contributed by atoms with van der Waals surface area (Å²) in [5, 5.41) is 3.48. The Morgan fingerprint density at radius 3 is 2.50 bits per heavy atom. The molecule has 3 aromatic rings. The summed E-state index contributed by atoms with van der Waals surface area (Å²) in [5.41, 5.74) is 1.73. The van der Waals surface area contributed by atoms with Crippen LogP contribution in [0.1, 0.15) is 24.7 Å². The van der Waals surface area contributed by atoms with Gasteiger partial charge in [0.2, 0.25) is 21.1 Å². The molecule has 32 heavy (non-hydrogen) atoms. The van der Waals surface area contributed by atoms with Crippen molar-refractivity contribution < 1.29 is 13.2 Å². The largest absolute Gasteiger partial charge is 0.345 e. The van der Waals surface area contributed by atoms with Crippen molar-refractivity contribution in [1.82, 2.24) is 13.7 Å². The van der Waals surface area contributed by atoms with Crippen LogP contribution in [0.5, 0.6) is 0 Å². The fourth-order valence-electron chi connectivity index (χ4n) is 3.61. The molecule has 0 saturated carbocycles. The lowest BCUT2D eigenvalue weighted by atomic mass is 10.1. The molecule has 1 aliphatic heterocycles. The van der Waals surface area contributed by atoms with Crippen LogP contribution in [0.4, 0.5) is 10.8 Å². The lowest BCUT2D eigenvalue weighted by Crippen LogP contribution is -2.35. The van der Waals surface area contributed by atoms with Gasteiger partial charge in [-0.3, -0.25) is 4.79 Å². The van der Waals surface area contributed by atoms with Crippen LogP contribution in [0.3, 0.4) is 0 Å². The number of aromatic nitrogens is 2. The minimum Gasteiger partial charge on any atom is -0.345 e. The third-order valence-electron chi connectivity index (χ3n) is 5.20. The van der Waals surface area contributed by atoms with Crippen molar-refractivity contribution in [2.24, 2.45) is 0 Å². The van der Waals surface area contributed by atoms with E-state index in [-0.39, 0.29) is 10.8 Å². The monoisotopic (exact) mass is 471 g/mol. The molecular weight excluding hydrogens is 446 g/mol. The van der Waals surface area contributed by atoms with Gasteiger partial charge in [0.25, 0.3) is 0 Å². The summed E-state index contributed by atoms with van der Waals surface area (Å²) in [7, 11) is -3.61. The van der Waals surface area contributed by atoms with Crippen LogP contribution < -0.4 is 10.2 Å². The summed E-state index contributed by atoms with van der Waals surface area (Å²) < 4.78 is 32.2. The van der Waals surface area contributed by atoms with Gasteiger partial charge in [-0.1, -0.05) is 30.3 Å². The lowest BCUT2D eigenvalue weighted by molar-refractivity contribution is -0.114. The Kier molecular flexibility index (Phi) is 6.83. The van der Waals surface area contributed by atoms with E-state index in [0.29, 0.717) is 38.2 Å². The van der Waals surface area contributed by atoms with E-state index < -0.39 is 10.0 Å². The molecule has 2 heterocycles. The van der Waals surface area contributed by atoms with Gasteiger partial charge >= 0.3 is 0 Å². The minimum absolute atomic E-state index is 0.197. The van der Waals surface area contributed by atoms with Crippen LogP contribution in [-0.2, 0) is 21.2 Å². The molecule has 0 aliphatic carbocycles. The molecule has 1 aliphatic rings. The van der Waals surface area contributed by atoms with Gasteiger partial charge in [0.05, 0.1) is 4.90 Å². The molecule has 0 bridgehead atoms.